The van der Waals surface area contributed by atoms with Crippen molar-refractivity contribution in [3.05, 3.63) is 82.9 Å². The lowest BCUT2D eigenvalue weighted by Gasteiger charge is -2.23. The van der Waals surface area contributed by atoms with Gasteiger partial charge in [-0.2, -0.15) is 17.7 Å². The van der Waals surface area contributed by atoms with Crippen molar-refractivity contribution in [2.45, 2.75) is 46.0 Å². The van der Waals surface area contributed by atoms with Gasteiger partial charge in [0.1, 0.15) is 13.3 Å². The van der Waals surface area contributed by atoms with E-state index in [1.165, 1.54) is 21.6 Å². The molecule has 0 aliphatic heterocycles. The number of alkyl halides is 3. The lowest BCUT2D eigenvalue weighted by molar-refractivity contribution is -0.468. The van der Waals surface area contributed by atoms with Crippen LogP contribution in [0.1, 0.15) is 43.4 Å². The highest BCUT2D eigenvalue weighted by molar-refractivity contribution is 5.91. The predicted molar refractivity (Wildman–Crippen MR) is 121 cm³/mol. The average molecular weight is 464 g/mol. The molecule has 0 atom stereocenters. The van der Waals surface area contributed by atoms with Gasteiger partial charge < -0.3 is 14.7 Å². The minimum atomic E-state index is -4.44. The molecule has 33 heavy (non-hydrogen) atoms. The maximum absolute atomic E-state index is 13.6. The van der Waals surface area contributed by atoms with Gasteiger partial charge >= 0.3 is 23.7 Å². The summed E-state index contributed by atoms with van der Waals surface area (Å²) in [4.78, 5) is 15.0. The van der Waals surface area contributed by atoms with Gasteiger partial charge in [0, 0.05) is 19.5 Å². The maximum Gasteiger partial charge on any atom is 0.416 e. The Hall–Kier alpha value is -3.29. The van der Waals surface area contributed by atoms with Gasteiger partial charge in [0.15, 0.2) is 0 Å². The third-order valence-electron chi connectivity index (χ3n) is 4.94. The Balaban J connectivity index is 2.40. The van der Waals surface area contributed by atoms with E-state index in [0.29, 0.717) is 12.1 Å². The summed E-state index contributed by atoms with van der Waals surface area (Å²) in [6, 6.07) is 13.9. The minimum absolute atomic E-state index is 0.0381. The Morgan fingerprint density at radius 1 is 1.03 bits per heavy atom. The van der Waals surface area contributed by atoms with Gasteiger partial charge in [-0.1, -0.05) is 55.8 Å². The van der Waals surface area contributed by atoms with Gasteiger partial charge in [0.05, 0.1) is 12.2 Å². The SMILES string of the molecule is C=[N+](CCCC)/C(C(=O)N(Cc1ccccc1)Cc1ccc(C(F)(F)F)cc1)=C(/O)OCC. The van der Waals surface area contributed by atoms with E-state index in [-0.39, 0.29) is 25.4 Å². The molecule has 0 saturated heterocycles. The fourth-order valence-electron chi connectivity index (χ4n) is 3.20. The number of benzene rings is 2. The number of ether oxygens (including phenoxy) is 1. The molecule has 0 saturated carbocycles. The third-order valence-corrected chi connectivity index (χ3v) is 4.94. The van der Waals surface area contributed by atoms with Crippen LogP contribution in [0.3, 0.4) is 0 Å². The first kappa shape index (κ1) is 26.0. The highest BCUT2D eigenvalue weighted by Crippen LogP contribution is 2.29. The number of carbonyl (C=O) groups excluding carboxylic acids is 1. The highest BCUT2D eigenvalue weighted by atomic mass is 19.4. The number of halogens is 3. The van der Waals surface area contributed by atoms with Crippen LogP contribution in [-0.2, 0) is 28.8 Å². The van der Waals surface area contributed by atoms with Crippen LogP contribution in [0.5, 0.6) is 0 Å². The van der Waals surface area contributed by atoms with E-state index in [2.05, 4.69) is 6.72 Å². The third kappa shape index (κ3) is 7.66. The minimum Gasteiger partial charge on any atom is -0.476 e. The largest absolute Gasteiger partial charge is 0.476 e. The normalized spacial score (nSPS) is 12.2. The zero-order chi connectivity index (χ0) is 24.4. The van der Waals surface area contributed by atoms with Crippen LogP contribution < -0.4 is 0 Å². The fourth-order valence-corrected chi connectivity index (χ4v) is 3.20. The van der Waals surface area contributed by atoms with Crippen molar-refractivity contribution in [2.75, 3.05) is 13.2 Å². The molecule has 8 heteroatoms. The molecule has 0 aliphatic carbocycles. The summed E-state index contributed by atoms with van der Waals surface area (Å²) in [6.07, 6.45) is -2.83. The standard InChI is InChI=1S/C25H29F3N2O3/c1-4-6-16-29(3)22(24(32)33-5-2)23(31)30(17-19-10-8-7-9-11-19)18-20-12-14-21(15-13-20)25(26,27)28/h7-15H,3-6,16-18H2,1-2H3/p+1. The number of unbranched alkanes of at least 4 members (excludes halogenated alkanes) is 1. The van der Waals surface area contributed by atoms with Gasteiger partial charge in [-0.25, -0.2) is 0 Å². The predicted octanol–water partition coefficient (Wildman–Crippen LogP) is 5.51. The van der Waals surface area contributed by atoms with Gasteiger partial charge in [-0.05, 0) is 30.2 Å². The second-order valence-electron chi connectivity index (χ2n) is 7.55. The van der Waals surface area contributed by atoms with Crippen LogP contribution in [0.2, 0.25) is 0 Å². The van der Waals surface area contributed by atoms with E-state index in [9.17, 15) is 23.1 Å². The molecular formula is C25H30F3N2O3+. The molecule has 0 spiro atoms. The van der Waals surface area contributed by atoms with E-state index < -0.39 is 23.6 Å². The molecule has 0 fully saturated rings. The molecule has 1 amide bonds. The van der Waals surface area contributed by atoms with Crippen molar-refractivity contribution in [2.24, 2.45) is 0 Å². The Bertz CT molecular complexity index is 955. The number of aliphatic hydroxyl groups is 1. The number of hydrogen-bond acceptors (Lipinski definition) is 3. The van der Waals surface area contributed by atoms with Crippen LogP contribution in [0.4, 0.5) is 13.2 Å². The molecule has 0 bridgehead atoms. The van der Waals surface area contributed by atoms with Gasteiger partial charge in [-0.3, -0.25) is 4.79 Å². The first-order valence-electron chi connectivity index (χ1n) is 10.8. The fraction of sp³-hybridized carbons (Fsp3) is 0.360. The Morgan fingerprint density at radius 2 is 1.61 bits per heavy atom. The second-order valence-corrected chi connectivity index (χ2v) is 7.55. The van der Waals surface area contributed by atoms with Crippen LogP contribution in [0, 0.1) is 0 Å². The molecule has 0 aromatic heterocycles. The van der Waals surface area contributed by atoms with Gasteiger partial charge in [0.2, 0.25) is 0 Å². The van der Waals surface area contributed by atoms with Crippen molar-refractivity contribution < 1.29 is 32.4 Å². The Kier molecular flexibility index (Phi) is 9.51. The molecule has 1 N–H and O–H groups in total. The first-order chi connectivity index (χ1) is 15.7. The van der Waals surface area contributed by atoms with Crippen molar-refractivity contribution in [1.29, 1.82) is 0 Å². The first-order valence-corrected chi connectivity index (χ1v) is 10.8. The van der Waals surface area contributed by atoms with E-state index in [1.807, 2.05) is 37.3 Å². The Labute approximate surface area is 192 Å². The number of amides is 1. The average Bonchev–Trinajstić information content (AvgIpc) is 2.78. The van der Waals surface area contributed by atoms with E-state index in [4.69, 9.17) is 4.74 Å². The molecule has 2 rings (SSSR count). The summed E-state index contributed by atoms with van der Waals surface area (Å²) in [7, 11) is 0. The quantitative estimate of drug-likeness (QED) is 0.207. The van der Waals surface area contributed by atoms with Crippen LogP contribution >= 0.6 is 0 Å². The van der Waals surface area contributed by atoms with E-state index >= 15 is 0 Å². The zero-order valence-corrected chi connectivity index (χ0v) is 18.9. The Morgan fingerprint density at radius 3 is 2.12 bits per heavy atom. The van der Waals surface area contributed by atoms with Gasteiger partial charge in [0.25, 0.3) is 0 Å². The molecule has 0 radical (unpaired) electrons. The van der Waals surface area contributed by atoms with Crippen LogP contribution in [-0.4, -0.2) is 40.4 Å². The monoisotopic (exact) mass is 463 g/mol. The topological polar surface area (TPSA) is 52.8 Å². The van der Waals surface area contributed by atoms with Crippen molar-refractivity contribution in [3.8, 4) is 0 Å². The summed E-state index contributed by atoms with van der Waals surface area (Å²) >= 11 is 0. The van der Waals surface area contributed by atoms with Gasteiger partial charge in [-0.15, -0.1) is 0 Å². The lowest BCUT2D eigenvalue weighted by Crippen LogP contribution is -2.36. The smallest absolute Gasteiger partial charge is 0.416 e. The summed E-state index contributed by atoms with van der Waals surface area (Å²) in [5.41, 5.74) is 0.502. The highest BCUT2D eigenvalue weighted by Gasteiger charge is 2.33. The molecule has 178 valence electrons. The number of hydrogen-bond donors (Lipinski definition) is 1. The van der Waals surface area contributed by atoms with Crippen LogP contribution in [0.25, 0.3) is 0 Å². The molecule has 2 aromatic carbocycles. The lowest BCUT2D eigenvalue weighted by atomic mass is 10.1. The van der Waals surface area contributed by atoms with Crippen molar-refractivity contribution in [3.63, 3.8) is 0 Å². The molecule has 0 unspecified atom stereocenters. The number of rotatable bonds is 11. The molecular weight excluding hydrogens is 433 g/mol. The number of nitrogens with zero attached hydrogens (tertiary/aromatic N) is 2. The summed E-state index contributed by atoms with van der Waals surface area (Å²) < 4.78 is 45.4. The zero-order valence-electron chi connectivity index (χ0n) is 18.9. The molecule has 2 aromatic rings. The summed E-state index contributed by atoms with van der Waals surface area (Å²) in [6.45, 7) is 8.38. The molecule has 0 aliphatic rings. The van der Waals surface area contributed by atoms with E-state index in [1.54, 1.807) is 6.92 Å². The molecule has 0 heterocycles. The van der Waals surface area contributed by atoms with Crippen LogP contribution in [0.15, 0.2) is 66.2 Å². The maximum atomic E-state index is 13.6. The summed E-state index contributed by atoms with van der Waals surface area (Å²) in [5.74, 6) is -1.06. The second kappa shape index (κ2) is 12.1. The molecule has 5 nitrogen and oxygen atoms in total. The summed E-state index contributed by atoms with van der Waals surface area (Å²) in [5, 5.41) is 10.5. The van der Waals surface area contributed by atoms with Crippen molar-refractivity contribution in [1.82, 2.24) is 4.90 Å². The number of carbonyl (C=O) groups is 1. The van der Waals surface area contributed by atoms with Crippen molar-refractivity contribution >= 4 is 12.6 Å². The number of aliphatic hydroxyl groups excluding tert-OH is 1. The van der Waals surface area contributed by atoms with E-state index in [0.717, 1.165) is 30.5 Å².